The van der Waals surface area contributed by atoms with E-state index in [0.29, 0.717) is 34.0 Å². The zero-order chi connectivity index (χ0) is 21.1. The van der Waals surface area contributed by atoms with Gasteiger partial charge in [0.1, 0.15) is 41.5 Å². The van der Waals surface area contributed by atoms with E-state index in [2.05, 4.69) is 0 Å². The first kappa shape index (κ1) is 19.1. The number of hydrogen-bond acceptors (Lipinski definition) is 7. The number of methoxy groups -OCH3 is 1. The summed E-state index contributed by atoms with van der Waals surface area (Å²) in [4.78, 5) is 23.6. The number of carboxylic acids is 1. The maximum atomic E-state index is 12.7. The SMILES string of the molecule is COc1cccc(Oc2coc3cc(OCc4ccc(C(=O)O)o4)ccc3c2=O)c1. The molecule has 0 aliphatic heterocycles. The molecule has 0 fully saturated rings. The quantitative estimate of drug-likeness (QED) is 0.477. The monoisotopic (exact) mass is 408 g/mol. The van der Waals surface area contributed by atoms with Crippen LogP contribution in [0.1, 0.15) is 16.3 Å². The largest absolute Gasteiger partial charge is 0.497 e. The molecule has 0 atom stereocenters. The molecule has 8 heteroatoms. The van der Waals surface area contributed by atoms with Crippen molar-refractivity contribution in [2.24, 2.45) is 0 Å². The van der Waals surface area contributed by atoms with Crippen LogP contribution in [0.4, 0.5) is 0 Å². The van der Waals surface area contributed by atoms with E-state index in [9.17, 15) is 9.59 Å². The number of ether oxygens (including phenoxy) is 3. The summed E-state index contributed by atoms with van der Waals surface area (Å²) in [7, 11) is 1.54. The molecule has 8 nitrogen and oxygen atoms in total. The maximum absolute atomic E-state index is 12.7. The molecule has 0 aliphatic rings. The number of fused-ring (bicyclic) bond motifs is 1. The van der Waals surface area contributed by atoms with Crippen LogP contribution in [0.2, 0.25) is 0 Å². The highest BCUT2D eigenvalue weighted by Crippen LogP contribution is 2.26. The van der Waals surface area contributed by atoms with Crippen molar-refractivity contribution < 1.29 is 32.9 Å². The van der Waals surface area contributed by atoms with Crippen LogP contribution in [0.5, 0.6) is 23.0 Å². The van der Waals surface area contributed by atoms with E-state index in [1.54, 1.807) is 49.6 Å². The first-order valence-corrected chi connectivity index (χ1v) is 8.86. The second kappa shape index (κ2) is 8.04. The van der Waals surface area contributed by atoms with Crippen LogP contribution in [0, 0.1) is 0 Å². The molecule has 2 aromatic carbocycles. The summed E-state index contributed by atoms with van der Waals surface area (Å²) in [5.41, 5.74) is -0.0103. The van der Waals surface area contributed by atoms with Gasteiger partial charge in [0.05, 0.1) is 12.5 Å². The summed E-state index contributed by atoms with van der Waals surface area (Å²) in [6, 6.07) is 14.5. The first-order valence-electron chi connectivity index (χ1n) is 8.86. The zero-order valence-electron chi connectivity index (χ0n) is 15.8. The second-order valence-electron chi connectivity index (χ2n) is 6.23. The van der Waals surface area contributed by atoms with E-state index >= 15 is 0 Å². The van der Waals surface area contributed by atoms with Gasteiger partial charge in [-0.15, -0.1) is 0 Å². The summed E-state index contributed by atoms with van der Waals surface area (Å²) in [6.45, 7) is 0.0278. The average Bonchev–Trinajstić information content (AvgIpc) is 3.24. The van der Waals surface area contributed by atoms with Gasteiger partial charge in [0.25, 0.3) is 0 Å². The lowest BCUT2D eigenvalue weighted by Gasteiger charge is -2.08. The van der Waals surface area contributed by atoms with Gasteiger partial charge >= 0.3 is 5.97 Å². The molecule has 2 heterocycles. The minimum atomic E-state index is -1.15. The molecule has 0 saturated carbocycles. The topological polar surface area (TPSA) is 108 Å². The molecule has 0 radical (unpaired) electrons. The van der Waals surface area contributed by atoms with E-state index in [-0.39, 0.29) is 23.5 Å². The van der Waals surface area contributed by atoms with Crippen molar-refractivity contribution in [1.82, 2.24) is 0 Å². The molecule has 4 aromatic rings. The van der Waals surface area contributed by atoms with Crippen LogP contribution in [0.25, 0.3) is 11.0 Å². The van der Waals surface area contributed by atoms with Crippen LogP contribution < -0.4 is 19.6 Å². The van der Waals surface area contributed by atoms with Crippen LogP contribution in [0.3, 0.4) is 0 Å². The number of carbonyl (C=O) groups is 1. The Morgan fingerprint density at radius 2 is 1.87 bits per heavy atom. The summed E-state index contributed by atoms with van der Waals surface area (Å²) in [6.07, 6.45) is 1.24. The Morgan fingerprint density at radius 1 is 1.03 bits per heavy atom. The van der Waals surface area contributed by atoms with Gasteiger partial charge in [0.2, 0.25) is 16.9 Å². The number of benzene rings is 2. The van der Waals surface area contributed by atoms with E-state index in [1.165, 1.54) is 18.4 Å². The molecule has 152 valence electrons. The minimum absolute atomic E-state index is 0.0278. The maximum Gasteiger partial charge on any atom is 0.371 e. The molecule has 0 aliphatic carbocycles. The van der Waals surface area contributed by atoms with Crippen molar-refractivity contribution in [3.63, 3.8) is 0 Å². The highest BCUT2D eigenvalue weighted by molar-refractivity contribution is 5.84. The van der Waals surface area contributed by atoms with Crippen LogP contribution >= 0.6 is 0 Å². The number of rotatable bonds is 7. The predicted molar refractivity (Wildman–Crippen MR) is 106 cm³/mol. The summed E-state index contributed by atoms with van der Waals surface area (Å²) in [5, 5.41) is 9.20. The van der Waals surface area contributed by atoms with Gasteiger partial charge in [-0.3, -0.25) is 4.79 Å². The van der Waals surface area contributed by atoms with Crippen molar-refractivity contribution >= 4 is 16.9 Å². The van der Waals surface area contributed by atoms with Crippen LogP contribution in [-0.4, -0.2) is 18.2 Å². The highest BCUT2D eigenvalue weighted by atomic mass is 16.5. The third-order valence-corrected chi connectivity index (χ3v) is 4.24. The van der Waals surface area contributed by atoms with E-state index in [0.717, 1.165) is 0 Å². The Morgan fingerprint density at radius 3 is 2.63 bits per heavy atom. The Bertz CT molecular complexity index is 1270. The lowest BCUT2D eigenvalue weighted by Crippen LogP contribution is -2.05. The second-order valence-corrected chi connectivity index (χ2v) is 6.23. The molecular weight excluding hydrogens is 392 g/mol. The van der Waals surface area contributed by atoms with E-state index in [4.69, 9.17) is 28.2 Å². The molecule has 0 saturated heterocycles. The fraction of sp³-hybridized carbons (Fsp3) is 0.0909. The fourth-order valence-corrected chi connectivity index (χ4v) is 2.77. The third-order valence-electron chi connectivity index (χ3n) is 4.24. The Labute approximate surface area is 169 Å². The molecule has 30 heavy (non-hydrogen) atoms. The highest BCUT2D eigenvalue weighted by Gasteiger charge is 2.12. The number of hydrogen-bond donors (Lipinski definition) is 1. The molecule has 1 N–H and O–H groups in total. The normalized spacial score (nSPS) is 10.7. The number of aromatic carboxylic acids is 1. The summed E-state index contributed by atoms with van der Waals surface area (Å²) < 4.78 is 27.1. The minimum Gasteiger partial charge on any atom is -0.497 e. The summed E-state index contributed by atoms with van der Waals surface area (Å²) in [5.74, 6) is 0.562. The van der Waals surface area contributed by atoms with Crippen LogP contribution in [-0.2, 0) is 6.61 Å². The molecule has 4 rings (SSSR count). The van der Waals surface area contributed by atoms with Crippen molar-refractivity contribution in [2.45, 2.75) is 6.61 Å². The van der Waals surface area contributed by atoms with Crippen LogP contribution in [0.15, 0.2) is 74.5 Å². The smallest absolute Gasteiger partial charge is 0.371 e. The van der Waals surface area contributed by atoms with Gasteiger partial charge in [0, 0.05) is 12.1 Å². The number of furan rings is 1. The Hall–Kier alpha value is -4.20. The van der Waals surface area contributed by atoms with Gasteiger partial charge in [-0.05, 0) is 36.4 Å². The third kappa shape index (κ3) is 3.97. The first-order chi connectivity index (χ1) is 14.5. The lowest BCUT2D eigenvalue weighted by atomic mass is 10.2. The van der Waals surface area contributed by atoms with Gasteiger partial charge in [-0.1, -0.05) is 6.07 Å². The predicted octanol–water partition coefficient (Wildman–Crippen LogP) is 4.46. The van der Waals surface area contributed by atoms with E-state index in [1.807, 2.05) is 0 Å². The molecule has 0 amide bonds. The zero-order valence-corrected chi connectivity index (χ0v) is 15.8. The standard InChI is InChI=1S/C22H16O8/c1-26-13-3-2-4-15(9-13)29-20-12-28-19-10-14(5-7-17(19)21(20)23)27-11-16-6-8-18(30-16)22(24)25/h2-10,12H,11H2,1H3,(H,24,25). The number of carboxylic acid groups (broad SMARTS) is 1. The Balaban J connectivity index is 1.53. The van der Waals surface area contributed by atoms with Gasteiger partial charge in [-0.2, -0.15) is 0 Å². The van der Waals surface area contributed by atoms with Gasteiger partial charge < -0.3 is 28.2 Å². The lowest BCUT2D eigenvalue weighted by molar-refractivity contribution is 0.0658. The van der Waals surface area contributed by atoms with Crippen molar-refractivity contribution in [3.05, 3.63) is 82.6 Å². The van der Waals surface area contributed by atoms with Crippen molar-refractivity contribution in [1.29, 1.82) is 0 Å². The van der Waals surface area contributed by atoms with E-state index < -0.39 is 5.97 Å². The van der Waals surface area contributed by atoms with Gasteiger partial charge in [-0.25, -0.2) is 4.79 Å². The fourth-order valence-electron chi connectivity index (χ4n) is 2.77. The summed E-state index contributed by atoms with van der Waals surface area (Å²) >= 11 is 0. The average molecular weight is 408 g/mol. The molecule has 0 spiro atoms. The van der Waals surface area contributed by atoms with Crippen molar-refractivity contribution in [3.8, 4) is 23.0 Å². The Kier molecular flexibility index (Phi) is 5.13. The molecule has 2 aromatic heterocycles. The van der Waals surface area contributed by atoms with Gasteiger partial charge in [0.15, 0.2) is 0 Å². The molecular formula is C22H16O8. The molecule has 0 unspecified atom stereocenters. The van der Waals surface area contributed by atoms with Crippen molar-refractivity contribution in [2.75, 3.05) is 7.11 Å². The molecule has 0 bridgehead atoms.